The second-order valence-electron chi connectivity index (χ2n) is 6.45. The lowest BCUT2D eigenvalue weighted by Gasteiger charge is -2.20. The molecule has 0 bridgehead atoms. The summed E-state index contributed by atoms with van der Waals surface area (Å²) >= 11 is 0. The van der Waals surface area contributed by atoms with Gasteiger partial charge in [-0.1, -0.05) is 0 Å². The molecule has 2 aromatic heterocycles. The molecule has 25 heavy (non-hydrogen) atoms. The largest absolute Gasteiger partial charge is 0.332 e. The first-order chi connectivity index (χ1) is 11.6. The highest BCUT2D eigenvalue weighted by atomic mass is 32.2. The second-order valence-corrected chi connectivity index (χ2v) is 8.59. The number of pyridine rings is 1. The summed E-state index contributed by atoms with van der Waals surface area (Å²) in [6, 6.07) is 3.40. The van der Waals surface area contributed by atoms with Gasteiger partial charge >= 0.3 is 5.69 Å². The zero-order valence-electron chi connectivity index (χ0n) is 14.6. The molecule has 9 nitrogen and oxygen atoms in total. The number of fused-ring (bicyclic) bond motifs is 1. The Balaban J connectivity index is 2.02. The van der Waals surface area contributed by atoms with Crippen LogP contribution in [0.25, 0.3) is 11.0 Å². The highest BCUT2D eigenvalue weighted by Gasteiger charge is 2.34. The first-order valence-corrected chi connectivity index (χ1v) is 9.28. The fraction of sp³-hybridized carbons (Fsp3) is 0.533. The van der Waals surface area contributed by atoms with Crippen LogP contribution in [0.15, 0.2) is 21.7 Å². The zero-order valence-corrected chi connectivity index (χ0v) is 15.4. The first-order valence-electron chi connectivity index (χ1n) is 7.89. The lowest BCUT2D eigenvalue weighted by Crippen LogP contribution is -2.38. The number of rotatable bonds is 3. The van der Waals surface area contributed by atoms with E-state index in [1.54, 1.807) is 19.2 Å². The third-order valence-corrected chi connectivity index (χ3v) is 6.59. The molecule has 0 radical (unpaired) electrons. The molecule has 2 aromatic rings. The molecule has 1 aliphatic rings. The fourth-order valence-electron chi connectivity index (χ4n) is 3.11. The Bertz CT molecular complexity index is 1050. The Morgan fingerprint density at radius 2 is 1.84 bits per heavy atom. The van der Waals surface area contributed by atoms with Crippen LogP contribution in [-0.2, 0) is 24.3 Å². The number of nitrogens with zero attached hydrogens (tertiary/aromatic N) is 5. The van der Waals surface area contributed by atoms with Gasteiger partial charge in [-0.2, -0.15) is 17.0 Å². The third-order valence-electron chi connectivity index (χ3n) is 4.68. The Kier molecular flexibility index (Phi) is 4.30. The second kappa shape index (κ2) is 6.04. The minimum Gasteiger partial charge on any atom is -0.280 e. The Morgan fingerprint density at radius 1 is 1.16 bits per heavy atom. The zero-order chi connectivity index (χ0) is 18.5. The molecule has 136 valence electrons. The van der Waals surface area contributed by atoms with Crippen molar-refractivity contribution in [2.45, 2.75) is 12.3 Å². The van der Waals surface area contributed by atoms with Crippen molar-refractivity contribution in [1.29, 1.82) is 0 Å². The summed E-state index contributed by atoms with van der Waals surface area (Å²) in [6.45, 7) is 0.748. The van der Waals surface area contributed by atoms with Gasteiger partial charge in [0.15, 0.2) is 0 Å². The standard InChI is InChI=1S/C15H21N5O4S/c1-17(2)25(23,24)20-8-7-10(9-20)12-6-5-11-13(16-12)18(3)15(22)19(4)14(11)21/h5-6,10H,7-9H2,1-4H3/t10-/m0/s1. The van der Waals surface area contributed by atoms with Crippen molar-refractivity contribution in [3.05, 3.63) is 38.7 Å². The number of hydrogen-bond donors (Lipinski definition) is 0. The monoisotopic (exact) mass is 367 g/mol. The summed E-state index contributed by atoms with van der Waals surface area (Å²) in [5.41, 5.74) is 0.178. The van der Waals surface area contributed by atoms with Gasteiger partial charge in [0.1, 0.15) is 5.65 Å². The highest BCUT2D eigenvalue weighted by molar-refractivity contribution is 7.86. The van der Waals surface area contributed by atoms with E-state index in [2.05, 4.69) is 4.98 Å². The van der Waals surface area contributed by atoms with Gasteiger partial charge < -0.3 is 0 Å². The summed E-state index contributed by atoms with van der Waals surface area (Å²) < 4.78 is 29.5. The molecule has 0 spiro atoms. The van der Waals surface area contributed by atoms with Crippen LogP contribution in [0.5, 0.6) is 0 Å². The summed E-state index contributed by atoms with van der Waals surface area (Å²) in [4.78, 5) is 28.8. The molecule has 1 atom stereocenters. The van der Waals surface area contributed by atoms with Gasteiger partial charge in [-0.15, -0.1) is 0 Å². The van der Waals surface area contributed by atoms with Crippen LogP contribution in [0, 0.1) is 0 Å². The van der Waals surface area contributed by atoms with E-state index in [4.69, 9.17) is 0 Å². The van der Waals surface area contributed by atoms with Crippen molar-refractivity contribution >= 4 is 21.2 Å². The molecule has 10 heteroatoms. The van der Waals surface area contributed by atoms with Crippen LogP contribution in [0.4, 0.5) is 0 Å². The molecular weight excluding hydrogens is 346 g/mol. The van der Waals surface area contributed by atoms with E-state index >= 15 is 0 Å². The topological polar surface area (TPSA) is 97.5 Å². The molecule has 1 fully saturated rings. The predicted molar refractivity (Wildman–Crippen MR) is 93.8 cm³/mol. The quantitative estimate of drug-likeness (QED) is 0.709. The van der Waals surface area contributed by atoms with Gasteiger partial charge in [-0.25, -0.2) is 9.78 Å². The third kappa shape index (κ3) is 2.79. The first kappa shape index (κ1) is 17.8. The molecule has 0 saturated carbocycles. The molecule has 3 heterocycles. The van der Waals surface area contributed by atoms with Crippen LogP contribution >= 0.6 is 0 Å². The summed E-state index contributed by atoms with van der Waals surface area (Å²) in [7, 11) is 2.55. The Labute approximate surface area is 145 Å². The molecule has 0 unspecified atom stereocenters. The lowest BCUT2D eigenvalue weighted by atomic mass is 10.0. The maximum atomic E-state index is 12.2. The van der Waals surface area contributed by atoms with Crippen LogP contribution in [-0.4, -0.2) is 58.3 Å². The van der Waals surface area contributed by atoms with Gasteiger partial charge in [0, 0.05) is 52.9 Å². The van der Waals surface area contributed by atoms with Crippen LogP contribution in [0.3, 0.4) is 0 Å². The Hall–Kier alpha value is -2.04. The van der Waals surface area contributed by atoms with Gasteiger partial charge in [-0.05, 0) is 18.6 Å². The van der Waals surface area contributed by atoms with Crippen molar-refractivity contribution in [2.75, 3.05) is 27.2 Å². The number of hydrogen-bond acceptors (Lipinski definition) is 5. The van der Waals surface area contributed by atoms with E-state index in [0.717, 1.165) is 4.57 Å². The lowest BCUT2D eigenvalue weighted by molar-refractivity contribution is 0.418. The summed E-state index contributed by atoms with van der Waals surface area (Å²) in [5, 5.41) is 0.365. The molecule has 1 saturated heterocycles. The molecule has 0 aromatic carbocycles. The SMILES string of the molecule is CN(C)S(=O)(=O)N1CC[C@H](c2ccc3c(=O)n(C)c(=O)n(C)c3n2)C1. The van der Waals surface area contributed by atoms with Crippen LogP contribution in [0.2, 0.25) is 0 Å². The molecule has 0 N–H and O–H groups in total. The maximum Gasteiger partial charge on any atom is 0.332 e. The molecule has 0 amide bonds. The van der Waals surface area contributed by atoms with Gasteiger partial charge in [0.2, 0.25) is 0 Å². The minimum absolute atomic E-state index is 0.0710. The minimum atomic E-state index is -3.46. The smallest absolute Gasteiger partial charge is 0.280 e. The van der Waals surface area contributed by atoms with Crippen LogP contribution < -0.4 is 11.2 Å². The molecular formula is C15H21N5O4S. The van der Waals surface area contributed by atoms with E-state index in [1.165, 1.54) is 34.3 Å². The summed E-state index contributed by atoms with van der Waals surface area (Å²) in [5.74, 6) is -0.0710. The molecule has 3 rings (SSSR count). The van der Waals surface area contributed by atoms with E-state index in [9.17, 15) is 18.0 Å². The van der Waals surface area contributed by atoms with Crippen LogP contribution in [0.1, 0.15) is 18.0 Å². The van der Waals surface area contributed by atoms with Crippen molar-refractivity contribution in [2.24, 2.45) is 14.1 Å². The summed E-state index contributed by atoms with van der Waals surface area (Å²) in [6.07, 6.45) is 0.643. The van der Waals surface area contributed by atoms with E-state index in [1.807, 2.05) is 0 Å². The van der Waals surface area contributed by atoms with Gasteiger partial charge in [-0.3, -0.25) is 13.9 Å². The van der Waals surface area contributed by atoms with Crippen molar-refractivity contribution in [3.8, 4) is 0 Å². The van der Waals surface area contributed by atoms with E-state index in [-0.39, 0.29) is 11.5 Å². The van der Waals surface area contributed by atoms with Crippen molar-refractivity contribution in [3.63, 3.8) is 0 Å². The average molecular weight is 367 g/mol. The highest BCUT2D eigenvalue weighted by Crippen LogP contribution is 2.28. The van der Waals surface area contributed by atoms with Gasteiger partial charge in [0.25, 0.3) is 15.8 Å². The predicted octanol–water partition coefficient (Wildman–Crippen LogP) is -0.772. The van der Waals surface area contributed by atoms with Crippen molar-refractivity contribution in [1.82, 2.24) is 22.7 Å². The van der Waals surface area contributed by atoms with Crippen molar-refractivity contribution < 1.29 is 8.42 Å². The number of aryl methyl sites for hydroxylation is 1. The molecule has 0 aliphatic carbocycles. The van der Waals surface area contributed by atoms with E-state index in [0.29, 0.717) is 36.2 Å². The van der Waals surface area contributed by atoms with Gasteiger partial charge in [0.05, 0.1) is 5.39 Å². The number of aromatic nitrogens is 3. The van der Waals surface area contributed by atoms with E-state index < -0.39 is 15.9 Å². The Morgan fingerprint density at radius 3 is 2.48 bits per heavy atom. The fourth-order valence-corrected chi connectivity index (χ4v) is 4.27. The average Bonchev–Trinajstić information content (AvgIpc) is 3.08. The molecule has 1 aliphatic heterocycles. The maximum absolute atomic E-state index is 12.2. The normalized spacial score (nSPS) is 19.2.